The van der Waals surface area contributed by atoms with Crippen molar-refractivity contribution >= 4 is 31.3 Å². The highest BCUT2D eigenvalue weighted by atomic mass is 35.7. The summed E-state index contributed by atoms with van der Waals surface area (Å²) in [6, 6.07) is 3.94. The fourth-order valence-corrected chi connectivity index (χ4v) is 2.55. The van der Waals surface area contributed by atoms with Crippen LogP contribution in [0.2, 0.25) is 5.02 Å². The first-order valence-electron chi connectivity index (χ1n) is 4.60. The van der Waals surface area contributed by atoms with E-state index in [2.05, 4.69) is 10.2 Å². The number of hydrogen-bond donors (Lipinski definition) is 0. The maximum atomic E-state index is 13.7. The number of halogens is 3. The molecule has 0 spiro atoms. The molecule has 0 saturated heterocycles. The van der Waals surface area contributed by atoms with E-state index < -0.39 is 20.0 Å². The van der Waals surface area contributed by atoms with Crippen molar-refractivity contribution in [3.63, 3.8) is 0 Å². The molecule has 0 aliphatic rings. The summed E-state index contributed by atoms with van der Waals surface area (Å²) in [6.07, 6.45) is 0. The highest BCUT2D eigenvalue weighted by molar-refractivity contribution is 8.13. The normalized spacial score (nSPS) is 11.8. The van der Waals surface area contributed by atoms with Crippen LogP contribution in [0.4, 0.5) is 4.39 Å². The lowest BCUT2D eigenvalue weighted by Gasteiger charge is -2.03. The minimum Gasteiger partial charge on any atom is -0.300 e. The van der Waals surface area contributed by atoms with Crippen molar-refractivity contribution in [3.05, 3.63) is 29.0 Å². The van der Waals surface area contributed by atoms with E-state index in [4.69, 9.17) is 22.3 Å². The van der Waals surface area contributed by atoms with Gasteiger partial charge in [-0.15, -0.1) is 10.2 Å². The van der Waals surface area contributed by atoms with Crippen LogP contribution < -0.4 is 0 Å². The molecule has 0 radical (unpaired) electrons. The SMILES string of the molecule is Cn1c(-c2ccc(Cl)cc2F)nnc1S(=O)(=O)Cl. The van der Waals surface area contributed by atoms with E-state index in [9.17, 15) is 12.8 Å². The Morgan fingerprint density at radius 3 is 2.50 bits per heavy atom. The molecule has 5 nitrogen and oxygen atoms in total. The zero-order chi connectivity index (χ0) is 13.5. The van der Waals surface area contributed by atoms with E-state index in [0.717, 1.165) is 10.6 Å². The van der Waals surface area contributed by atoms with E-state index in [1.807, 2.05) is 0 Å². The van der Waals surface area contributed by atoms with Gasteiger partial charge >= 0.3 is 0 Å². The summed E-state index contributed by atoms with van der Waals surface area (Å²) in [5.74, 6) is -0.583. The van der Waals surface area contributed by atoms with Crippen LogP contribution >= 0.6 is 22.3 Å². The van der Waals surface area contributed by atoms with Crippen molar-refractivity contribution in [2.45, 2.75) is 5.16 Å². The van der Waals surface area contributed by atoms with Crippen molar-refractivity contribution in [3.8, 4) is 11.4 Å². The molecule has 0 saturated carbocycles. The molecule has 1 aromatic heterocycles. The number of nitrogens with zero attached hydrogens (tertiary/aromatic N) is 3. The molecule has 0 N–H and O–H groups in total. The Bertz CT molecular complexity index is 715. The highest BCUT2D eigenvalue weighted by Crippen LogP contribution is 2.25. The van der Waals surface area contributed by atoms with Crippen LogP contribution in [0.3, 0.4) is 0 Å². The maximum absolute atomic E-state index is 13.7. The predicted molar refractivity (Wildman–Crippen MR) is 64.4 cm³/mol. The molecule has 18 heavy (non-hydrogen) atoms. The van der Waals surface area contributed by atoms with Gasteiger partial charge in [0.25, 0.3) is 14.2 Å². The predicted octanol–water partition coefficient (Wildman–Crippen LogP) is 2.20. The Balaban J connectivity index is 2.63. The molecule has 0 unspecified atom stereocenters. The molecule has 0 fully saturated rings. The summed E-state index contributed by atoms with van der Waals surface area (Å²) >= 11 is 5.62. The van der Waals surface area contributed by atoms with Gasteiger partial charge in [-0.1, -0.05) is 11.6 Å². The van der Waals surface area contributed by atoms with Gasteiger partial charge in [0.2, 0.25) is 0 Å². The summed E-state index contributed by atoms with van der Waals surface area (Å²) < 4.78 is 37.1. The maximum Gasteiger partial charge on any atom is 0.296 e. The van der Waals surface area contributed by atoms with Gasteiger partial charge in [-0.05, 0) is 18.2 Å². The highest BCUT2D eigenvalue weighted by Gasteiger charge is 2.22. The fourth-order valence-electron chi connectivity index (χ4n) is 1.43. The molecule has 9 heteroatoms. The van der Waals surface area contributed by atoms with Crippen molar-refractivity contribution in [1.29, 1.82) is 0 Å². The van der Waals surface area contributed by atoms with E-state index in [1.54, 1.807) is 0 Å². The molecule has 0 aliphatic carbocycles. The second-order valence-corrected chi connectivity index (χ2v) is 6.32. The molecular formula is C9H6Cl2FN3O2S. The zero-order valence-electron chi connectivity index (χ0n) is 8.93. The van der Waals surface area contributed by atoms with Gasteiger partial charge in [0.05, 0.1) is 5.56 Å². The summed E-state index contributed by atoms with van der Waals surface area (Å²) in [4.78, 5) is 0. The summed E-state index contributed by atoms with van der Waals surface area (Å²) in [6.45, 7) is 0. The first-order chi connectivity index (χ1) is 8.30. The summed E-state index contributed by atoms with van der Waals surface area (Å²) in [7, 11) is 2.51. The van der Waals surface area contributed by atoms with Gasteiger partial charge in [-0.2, -0.15) is 0 Å². The summed E-state index contributed by atoms with van der Waals surface area (Å²) in [5, 5.41) is 6.80. The smallest absolute Gasteiger partial charge is 0.296 e. The topological polar surface area (TPSA) is 64.8 Å². The van der Waals surface area contributed by atoms with E-state index in [0.29, 0.717) is 0 Å². The van der Waals surface area contributed by atoms with Crippen LogP contribution in [0, 0.1) is 5.82 Å². The minimum atomic E-state index is -4.03. The summed E-state index contributed by atoms with van der Waals surface area (Å²) in [5.41, 5.74) is 0.0842. The molecule has 0 amide bonds. The molecular weight excluding hydrogens is 304 g/mol. The number of hydrogen-bond acceptors (Lipinski definition) is 4. The second kappa shape index (κ2) is 4.49. The monoisotopic (exact) mass is 309 g/mol. The van der Waals surface area contributed by atoms with Crippen LogP contribution in [0.15, 0.2) is 23.4 Å². The Kier molecular flexibility index (Phi) is 3.31. The lowest BCUT2D eigenvalue weighted by atomic mass is 10.2. The third-order valence-electron chi connectivity index (χ3n) is 2.23. The van der Waals surface area contributed by atoms with Crippen LogP contribution in [-0.4, -0.2) is 23.2 Å². The molecule has 0 aliphatic heterocycles. The largest absolute Gasteiger partial charge is 0.300 e. The van der Waals surface area contributed by atoms with E-state index >= 15 is 0 Å². The molecule has 2 aromatic rings. The van der Waals surface area contributed by atoms with Gasteiger partial charge in [-0.3, -0.25) is 4.57 Å². The minimum absolute atomic E-state index is 0.0448. The van der Waals surface area contributed by atoms with Crippen molar-refractivity contribution in [2.75, 3.05) is 0 Å². The first kappa shape index (κ1) is 13.3. The van der Waals surface area contributed by atoms with Crippen molar-refractivity contribution < 1.29 is 12.8 Å². The van der Waals surface area contributed by atoms with Gasteiger partial charge < -0.3 is 0 Å². The van der Waals surface area contributed by atoms with E-state index in [1.165, 1.54) is 19.2 Å². The average molecular weight is 310 g/mol. The number of rotatable bonds is 2. The standard InChI is InChI=1S/C9H6Cl2FN3O2S/c1-15-8(13-14-9(15)18(11,16)17)6-3-2-5(10)4-7(6)12/h2-4H,1H3. The quantitative estimate of drug-likeness (QED) is 0.798. The molecule has 1 heterocycles. The van der Waals surface area contributed by atoms with Crippen LogP contribution in [0.25, 0.3) is 11.4 Å². The second-order valence-electron chi connectivity index (χ2n) is 3.43. The lowest BCUT2D eigenvalue weighted by molar-refractivity contribution is 0.592. The number of benzene rings is 1. The Morgan fingerprint density at radius 2 is 2.00 bits per heavy atom. The Morgan fingerprint density at radius 1 is 1.33 bits per heavy atom. The molecule has 96 valence electrons. The molecule has 1 aromatic carbocycles. The van der Waals surface area contributed by atoms with Crippen molar-refractivity contribution in [2.24, 2.45) is 7.05 Å². The third-order valence-corrected chi connectivity index (χ3v) is 3.67. The lowest BCUT2D eigenvalue weighted by Crippen LogP contribution is -2.03. The van der Waals surface area contributed by atoms with Gasteiger partial charge in [0.1, 0.15) is 5.82 Å². The zero-order valence-corrected chi connectivity index (χ0v) is 11.3. The third kappa shape index (κ3) is 2.33. The van der Waals surface area contributed by atoms with Gasteiger partial charge in [0.15, 0.2) is 5.82 Å². The van der Waals surface area contributed by atoms with Crippen LogP contribution in [0.5, 0.6) is 0 Å². The Hall–Kier alpha value is -1.18. The van der Waals surface area contributed by atoms with Crippen molar-refractivity contribution in [1.82, 2.24) is 14.8 Å². The molecule has 0 bridgehead atoms. The molecule has 0 atom stereocenters. The Labute approximate surface area is 112 Å². The van der Waals surface area contributed by atoms with Gasteiger partial charge in [-0.25, -0.2) is 12.8 Å². The van der Waals surface area contributed by atoms with Crippen LogP contribution in [0.1, 0.15) is 0 Å². The number of aromatic nitrogens is 3. The van der Waals surface area contributed by atoms with Gasteiger partial charge in [0, 0.05) is 22.8 Å². The average Bonchev–Trinajstić information content (AvgIpc) is 2.60. The van der Waals surface area contributed by atoms with E-state index in [-0.39, 0.29) is 16.4 Å². The first-order valence-corrected chi connectivity index (χ1v) is 7.29. The molecule has 2 rings (SSSR count). The van der Waals surface area contributed by atoms with Crippen LogP contribution in [-0.2, 0) is 16.1 Å². The fraction of sp³-hybridized carbons (Fsp3) is 0.111.